The van der Waals surface area contributed by atoms with Gasteiger partial charge in [-0.05, 0) is 192 Å². The summed E-state index contributed by atoms with van der Waals surface area (Å²) in [7, 11) is 0. The van der Waals surface area contributed by atoms with E-state index in [0.717, 1.165) is 97.4 Å². The number of carbonyl (C=O) groups is 5. The van der Waals surface area contributed by atoms with Gasteiger partial charge in [0, 0.05) is 79.8 Å². The van der Waals surface area contributed by atoms with Crippen molar-refractivity contribution in [2.75, 3.05) is 32.3 Å². The summed E-state index contributed by atoms with van der Waals surface area (Å²) in [6.45, 7) is 35.4. The van der Waals surface area contributed by atoms with Gasteiger partial charge in [0.25, 0.3) is 0 Å². The second-order valence-corrected chi connectivity index (χ2v) is 32.5. The number of carbonyl (C=O) groups excluding carboxylic acids is 5. The van der Waals surface area contributed by atoms with Gasteiger partial charge in [0.2, 0.25) is 29.5 Å². The fourth-order valence-corrected chi connectivity index (χ4v) is 12.0. The largest absolute Gasteiger partial charge is 0.418 e. The number of hydrogen-bond donors (Lipinski definition) is 6. The van der Waals surface area contributed by atoms with E-state index in [9.17, 15) is 103 Å². The minimum atomic E-state index is -4.64. The maximum Gasteiger partial charge on any atom is 0.418 e. The molecule has 0 saturated carbocycles. The van der Waals surface area contributed by atoms with Crippen LogP contribution in [0.2, 0.25) is 15.1 Å². The third kappa shape index (κ3) is 32.0. The van der Waals surface area contributed by atoms with E-state index in [1.54, 1.807) is 62.3 Å². The van der Waals surface area contributed by atoms with Gasteiger partial charge >= 0.3 is 37.1 Å². The number of anilines is 6. The first-order valence-electron chi connectivity index (χ1n) is 36.7. The van der Waals surface area contributed by atoms with Gasteiger partial charge in [-0.1, -0.05) is 133 Å². The highest BCUT2D eigenvalue weighted by Crippen LogP contribution is 2.44. The smallest absolute Gasteiger partial charge is 0.399 e. The third-order valence-electron chi connectivity index (χ3n) is 18.1. The number of halogens is 22. The zero-order chi connectivity index (χ0) is 95.3. The molecule has 16 nitrogen and oxygen atoms in total. The second-order valence-electron chi connectivity index (χ2n) is 30.5. The lowest BCUT2D eigenvalue weighted by molar-refractivity contribution is -0.139. The van der Waals surface area contributed by atoms with E-state index in [-0.39, 0.29) is 89.9 Å². The normalized spacial score (nSPS) is 14.0. The predicted octanol–water partition coefficient (Wildman–Crippen LogP) is 26.4. The molecule has 0 aromatic heterocycles. The van der Waals surface area contributed by atoms with Crippen LogP contribution in [-0.4, -0.2) is 41.6 Å². The Bertz CT molecular complexity index is 5060. The Labute approximate surface area is 723 Å². The van der Waals surface area contributed by atoms with Gasteiger partial charge in [0.1, 0.15) is 0 Å². The van der Waals surface area contributed by atoms with Crippen molar-refractivity contribution in [3.63, 3.8) is 0 Å². The van der Waals surface area contributed by atoms with Crippen LogP contribution in [0.25, 0.3) is 4.85 Å². The van der Waals surface area contributed by atoms with Crippen LogP contribution in [-0.2, 0) is 61.0 Å². The minimum absolute atomic E-state index is 0.0383. The summed E-state index contributed by atoms with van der Waals surface area (Å²) in [5.41, 5.74) is 5.34. The highest BCUT2D eigenvalue weighted by Gasteiger charge is 2.42. The van der Waals surface area contributed by atoms with Crippen molar-refractivity contribution in [3.05, 3.63) is 211 Å². The van der Waals surface area contributed by atoms with Crippen LogP contribution >= 0.6 is 50.7 Å². The van der Waals surface area contributed by atoms with Crippen molar-refractivity contribution >= 4 is 120 Å². The van der Waals surface area contributed by atoms with E-state index < -0.39 is 109 Å². The van der Waals surface area contributed by atoms with Gasteiger partial charge in [-0.2, -0.15) is 94.8 Å². The number of nitrogen functional groups attached to an aromatic ring is 2. The molecule has 7 aromatic rings. The van der Waals surface area contributed by atoms with E-state index in [1.807, 2.05) is 30.9 Å². The Morgan fingerprint density at radius 1 is 0.488 bits per heavy atom. The summed E-state index contributed by atoms with van der Waals surface area (Å²) in [6.07, 6.45) is -21.8. The minimum Gasteiger partial charge on any atom is -0.399 e. The number of nitriles is 3. The van der Waals surface area contributed by atoms with Crippen LogP contribution < -0.4 is 37.6 Å². The van der Waals surface area contributed by atoms with Gasteiger partial charge in [-0.25, -0.2) is 4.85 Å². The first kappa shape index (κ1) is 109. The van der Waals surface area contributed by atoms with Crippen LogP contribution in [0.15, 0.2) is 102 Å². The van der Waals surface area contributed by atoms with Gasteiger partial charge in [-0.3, -0.25) is 24.0 Å². The van der Waals surface area contributed by atoms with Gasteiger partial charge in [0.05, 0.1) is 89.9 Å². The Balaban J connectivity index is 0.000000481. The summed E-state index contributed by atoms with van der Waals surface area (Å²) in [6, 6.07) is 25.4. The number of rotatable bonds is 6. The van der Waals surface area contributed by atoms with Crippen LogP contribution in [0.4, 0.5) is 119 Å². The molecule has 0 radical (unpaired) electrons. The van der Waals surface area contributed by atoms with E-state index in [2.05, 4.69) is 55.9 Å². The van der Waals surface area contributed by atoms with Crippen molar-refractivity contribution in [1.82, 2.24) is 5.32 Å². The molecule has 38 heteroatoms. The number of nitrogens with one attached hydrogen (secondary N) is 4. The van der Waals surface area contributed by atoms with Crippen molar-refractivity contribution in [3.8, 4) is 18.2 Å². The number of hydrogen-bond acceptors (Lipinski definition) is 10. The maximum atomic E-state index is 13.0. The first-order valence-corrected chi connectivity index (χ1v) is 38.6. The molecule has 8 N–H and O–H groups in total. The van der Waals surface area contributed by atoms with E-state index in [1.165, 1.54) is 82.3 Å². The molecule has 2 aliphatic heterocycles. The highest BCUT2D eigenvalue weighted by atomic mass is 79.9. The Morgan fingerprint density at radius 2 is 0.886 bits per heavy atom. The number of amides is 5. The third-order valence-corrected chi connectivity index (χ3v) is 20.0. The average Bonchev–Trinajstić information content (AvgIpc) is 1.50. The summed E-state index contributed by atoms with van der Waals surface area (Å²) in [4.78, 5) is 63.3. The summed E-state index contributed by atoms with van der Waals surface area (Å²) in [5.74, 6) is -0.681. The molecule has 9 rings (SSSR count). The molecule has 0 spiro atoms. The molecule has 5 amide bonds. The molecule has 7 aromatic carbocycles. The standard InChI is InChI=1S/C15H18N2O.C14H15F3N2O.C13H15ClF3NO.C12H13ClF3NO.C9H5BrF3N.C9H7F3N2.C7H5ClF3N.C6H11NO/c1-5-12-6-9-15(18)17(12)14-8-7-13(16-4)10(2)11(14)3;1-8-10(19-12(20)13(2,3)4)6-5-9(7-18)11(8)14(15,16)17;1-7-9(18-11(19)12(2,3)4)6-5-8(14)10(7)13(15,16)17;1-11(2,3)10(18)17-7-4-5-9(13)8(6-7)12(14,15)16;1-5-7(10)3-2-6(4-14)8(5)9(11,12)13;1-5-7(14)3-2-6(4-13)8(5)9(10,11)12;8-6-2-1-4(12)3-5(6)7(9,10)11;1-2-5-3-4-6(8)7-5/h7-8,12H,5-6,9H2,1-3H3;5-6H,1-4H3,(H,19,20);5-6H,1-4H3,(H,18,19);4-6H,1-3H3,(H,17,18);2-3H,1H3;2-3H,14H2,1H3;1-3H,12H2;5H,2-4H2,1H3,(H,7,8)/t12-;;;;;;;5-/m0......0/s1. The molecular weight excluding hydrogens is 1780 g/mol. The summed E-state index contributed by atoms with van der Waals surface area (Å²) >= 11 is 19.4. The van der Waals surface area contributed by atoms with Crippen LogP contribution in [0, 0.1) is 98.4 Å². The second kappa shape index (κ2) is 44.2. The van der Waals surface area contributed by atoms with Gasteiger partial charge in [-0.15, -0.1) is 0 Å². The lowest BCUT2D eigenvalue weighted by Crippen LogP contribution is -2.33. The first-order chi connectivity index (χ1) is 56.0. The van der Waals surface area contributed by atoms with Gasteiger partial charge in [0.15, 0.2) is 5.69 Å². The van der Waals surface area contributed by atoms with Crippen molar-refractivity contribution in [1.29, 1.82) is 15.8 Å². The molecule has 0 aliphatic carbocycles. The molecule has 2 fully saturated rings. The Hall–Kier alpha value is -10.5. The maximum absolute atomic E-state index is 13.0. The molecule has 2 saturated heterocycles. The Morgan fingerprint density at radius 3 is 1.28 bits per heavy atom. The summed E-state index contributed by atoms with van der Waals surface area (Å²) in [5, 5.41) is 35.0. The van der Waals surface area contributed by atoms with Crippen molar-refractivity contribution < 1.29 is 103 Å². The number of nitrogens with zero attached hydrogens (tertiary/aromatic N) is 5. The SMILES string of the molecule is CC(C)(C)C(=O)Nc1ccc(Cl)c(C(F)(F)F)c1.CC[C@H]1CCC(=O)N1.Cc1c(Br)ccc(C#N)c1C(F)(F)F.Cc1c(N)ccc(C#N)c1C(F)(F)F.Cc1c(NC(=O)C(C)(C)C)ccc(C#N)c1C(F)(F)F.Cc1c(NC(=O)C(C)(C)C)ccc(Cl)c1C(F)(F)F.Nc1ccc(Cl)c(C(F)(F)F)c1.[C-]#[N+]c1ccc(N2C(=O)CC[C@@H]2CC)c(C)c1C. The molecule has 0 bridgehead atoms. The Kier molecular flexibility index (Phi) is 39.1. The molecule has 0 unspecified atom stereocenters. The van der Waals surface area contributed by atoms with E-state index >= 15 is 0 Å². The fraction of sp³-hybridized carbons (Fsp3) is 0.400. The number of alkyl halides is 18. The lowest BCUT2D eigenvalue weighted by atomic mass is 9.94. The molecule has 2 heterocycles. The van der Waals surface area contributed by atoms with Crippen molar-refractivity contribution in [2.24, 2.45) is 16.2 Å². The molecule has 668 valence electrons. The fourth-order valence-electron chi connectivity index (χ4n) is 10.9. The molecule has 123 heavy (non-hydrogen) atoms. The van der Waals surface area contributed by atoms with Crippen LogP contribution in [0.3, 0.4) is 0 Å². The highest BCUT2D eigenvalue weighted by molar-refractivity contribution is 9.10. The summed E-state index contributed by atoms with van der Waals surface area (Å²) < 4.78 is 227. The number of nitrogens with two attached hydrogens (primary N) is 2. The van der Waals surface area contributed by atoms with Gasteiger partial charge < -0.3 is 37.6 Å². The van der Waals surface area contributed by atoms with Crippen LogP contribution in [0.1, 0.15) is 198 Å². The zero-order valence-corrected chi connectivity index (χ0v) is 73.2. The molecule has 2 aliphatic rings. The number of benzene rings is 7. The predicted molar refractivity (Wildman–Crippen MR) is 442 cm³/mol. The van der Waals surface area contributed by atoms with Crippen LogP contribution in [0.5, 0.6) is 0 Å². The molecular formula is C85H89BrCl3F18N11O5. The van der Waals surface area contributed by atoms with Crippen molar-refractivity contribution in [2.45, 2.75) is 205 Å². The quantitative estimate of drug-likeness (QED) is 0.0521. The lowest BCUT2D eigenvalue weighted by Gasteiger charge is -2.26. The zero-order valence-electron chi connectivity index (χ0n) is 69.4. The molecule has 2 atom stereocenters. The van der Waals surface area contributed by atoms with E-state index in [4.69, 9.17) is 68.6 Å². The van der Waals surface area contributed by atoms with E-state index in [0.29, 0.717) is 28.7 Å². The monoisotopic (exact) mass is 1870 g/mol. The topological polar surface area (TPSA) is 264 Å². The average molecular weight is 1870 g/mol.